The fourth-order valence-electron chi connectivity index (χ4n) is 1.71. The van der Waals surface area contributed by atoms with Crippen molar-refractivity contribution in [2.75, 3.05) is 13.2 Å². The van der Waals surface area contributed by atoms with Gasteiger partial charge in [-0.1, -0.05) is 12.1 Å². The van der Waals surface area contributed by atoms with Gasteiger partial charge >= 0.3 is 0 Å². The van der Waals surface area contributed by atoms with Crippen molar-refractivity contribution in [1.29, 1.82) is 0 Å². The Bertz CT molecular complexity index is 539. The van der Waals surface area contributed by atoms with E-state index in [-0.39, 0.29) is 25.2 Å². The van der Waals surface area contributed by atoms with Crippen LogP contribution in [0.2, 0.25) is 0 Å². The first kappa shape index (κ1) is 12.4. The quantitative estimate of drug-likeness (QED) is 0.787. The van der Waals surface area contributed by atoms with Crippen molar-refractivity contribution in [2.45, 2.75) is 16.9 Å². The van der Waals surface area contributed by atoms with E-state index in [9.17, 15) is 17.9 Å². The Morgan fingerprint density at radius 2 is 2.12 bits per heavy atom. The maximum absolute atomic E-state index is 13.8. The average Bonchev–Trinajstić information content (AvgIpc) is 2.17. The average molecular weight is 261 g/mol. The lowest BCUT2D eigenvalue weighted by molar-refractivity contribution is -0.177. The second-order valence-electron chi connectivity index (χ2n) is 4.17. The van der Waals surface area contributed by atoms with Gasteiger partial charge in [-0.3, -0.25) is 0 Å². The summed E-state index contributed by atoms with van der Waals surface area (Å²) >= 11 is 0. The molecule has 0 bridgehead atoms. The Labute approximate surface area is 98.1 Å². The number of hydrogen-bond donors (Lipinski definition) is 2. The fraction of sp³-hybridized carbons (Fsp3) is 0.400. The number of halogens is 1. The minimum Gasteiger partial charge on any atom is -0.385 e. The van der Waals surface area contributed by atoms with Gasteiger partial charge in [0.1, 0.15) is 16.3 Å². The molecule has 0 aromatic heterocycles. The Balaban J connectivity index is 2.36. The van der Waals surface area contributed by atoms with Gasteiger partial charge in [0.15, 0.2) is 0 Å². The lowest BCUT2D eigenvalue weighted by Crippen LogP contribution is -2.51. The Morgan fingerprint density at radius 3 is 2.59 bits per heavy atom. The van der Waals surface area contributed by atoms with Gasteiger partial charge in [0.2, 0.25) is 10.0 Å². The lowest BCUT2D eigenvalue weighted by atomic mass is 9.93. The van der Waals surface area contributed by atoms with Gasteiger partial charge in [-0.15, -0.1) is 0 Å². The maximum atomic E-state index is 13.8. The summed E-state index contributed by atoms with van der Waals surface area (Å²) in [5, 5.41) is 14.7. The number of hydrogen-bond acceptors (Lipinski definition) is 4. The Hall–Kier alpha value is -1.02. The van der Waals surface area contributed by atoms with Crippen LogP contribution in [0.15, 0.2) is 23.1 Å². The number of nitrogens with two attached hydrogens (primary N) is 1. The zero-order valence-electron chi connectivity index (χ0n) is 8.89. The van der Waals surface area contributed by atoms with E-state index in [2.05, 4.69) is 0 Å². The molecule has 0 unspecified atom stereocenters. The van der Waals surface area contributed by atoms with Crippen LogP contribution in [-0.2, 0) is 21.2 Å². The van der Waals surface area contributed by atoms with E-state index in [0.29, 0.717) is 0 Å². The highest BCUT2D eigenvalue weighted by Crippen LogP contribution is 2.25. The molecular formula is C10H12FNO4S. The standard InChI is InChI=1S/C10H12FNO4S/c11-9-7(4-10(13)5-16-6-10)2-1-3-8(9)17(12,14)15/h1-3,13H,4-6H2,(H2,12,14,15). The van der Waals surface area contributed by atoms with E-state index in [0.717, 1.165) is 6.07 Å². The highest BCUT2D eigenvalue weighted by Gasteiger charge is 2.37. The number of rotatable bonds is 3. The molecule has 0 saturated carbocycles. The third kappa shape index (κ3) is 2.47. The molecule has 1 aliphatic rings. The topological polar surface area (TPSA) is 89.6 Å². The zero-order valence-corrected chi connectivity index (χ0v) is 9.71. The monoisotopic (exact) mass is 261 g/mol. The second kappa shape index (κ2) is 4.02. The summed E-state index contributed by atoms with van der Waals surface area (Å²) in [7, 11) is -4.09. The van der Waals surface area contributed by atoms with Crippen LogP contribution in [-0.4, -0.2) is 32.3 Å². The Morgan fingerprint density at radius 1 is 1.47 bits per heavy atom. The van der Waals surface area contributed by atoms with E-state index >= 15 is 0 Å². The van der Waals surface area contributed by atoms with Gasteiger partial charge in [-0.25, -0.2) is 17.9 Å². The van der Waals surface area contributed by atoms with Crippen molar-refractivity contribution in [3.05, 3.63) is 29.6 Å². The van der Waals surface area contributed by atoms with Gasteiger partial charge in [-0.2, -0.15) is 0 Å². The van der Waals surface area contributed by atoms with Crippen LogP contribution in [0.1, 0.15) is 5.56 Å². The van der Waals surface area contributed by atoms with E-state index < -0.39 is 26.3 Å². The molecule has 3 N–H and O–H groups in total. The van der Waals surface area contributed by atoms with Crippen LogP contribution in [0.25, 0.3) is 0 Å². The molecule has 1 heterocycles. The summed E-state index contributed by atoms with van der Waals surface area (Å²) in [5.41, 5.74) is -1.00. The number of aliphatic hydroxyl groups is 1. The molecule has 1 fully saturated rings. The van der Waals surface area contributed by atoms with Crippen molar-refractivity contribution in [3.8, 4) is 0 Å². The van der Waals surface area contributed by atoms with Gasteiger partial charge in [0.25, 0.3) is 0 Å². The van der Waals surface area contributed by atoms with Crippen LogP contribution in [0.5, 0.6) is 0 Å². The molecule has 0 aliphatic carbocycles. The molecule has 7 heteroatoms. The molecule has 0 radical (unpaired) electrons. The van der Waals surface area contributed by atoms with E-state index in [1.54, 1.807) is 0 Å². The smallest absolute Gasteiger partial charge is 0.240 e. The molecular weight excluding hydrogens is 249 g/mol. The van der Waals surface area contributed by atoms with Crippen molar-refractivity contribution < 1.29 is 22.7 Å². The fourth-order valence-corrected chi connectivity index (χ4v) is 2.36. The third-order valence-electron chi connectivity index (χ3n) is 2.61. The van der Waals surface area contributed by atoms with Crippen molar-refractivity contribution >= 4 is 10.0 Å². The van der Waals surface area contributed by atoms with Gasteiger partial charge in [0.05, 0.1) is 13.2 Å². The van der Waals surface area contributed by atoms with Crippen molar-refractivity contribution in [1.82, 2.24) is 0 Å². The molecule has 1 saturated heterocycles. The molecule has 5 nitrogen and oxygen atoms in total. The zero-order chi connectivity index (χ0) is 12.7. The van der Waals surface area contributed by atoms with Crippen LogP contribution in [0, 0.1) is 5.82 Å². The summed E-state index contributed by atoms with van der Waals surface area (Å²) < 4.78 is 40.9. The largest absolute Gasteiger partial charge is 0.385 e. The molecule has 0 amide bonds. The molecule has 1 aliphatic heterocycles. The number of benzene rings is 1. The summed E-state index contributed by atoms with van der Waals surface area (Å²) in [4.78, 5) is -0.557. The first-order valence-electron chi connectivity index (χ1n) is 4.92. The van der Waals surface area contributed by atoms with Crippen molar-refractivity contribution in [2.24, 2.45) is 5.14 Å². The van der Waals surface area contributed by atoms with Crippen LogP contribution >= 0.6 is 0 Å². The summed E-state index contributed by atoms with van der Waals surface area (Å²) in [6.07, 6.45) is 0.00218. The minimum absolute atomic E-state index is 0.00218. The normalized spacial score (nSPS) is 18.8. The van der Waals surface area contributed by atoms with Crippen molar-refractivity contribution in [3.63, 3.8) is 0 Å². The number of sulfonamides is 1. The van der Waals surface area contributed by atoms with Crippen LogP contribution < -0.4 is 5.14 Å². The Kier molecular flexibility index (Phi) is 2.94. The molecule has 94 valence electrons. The third-order valence-corrected chi connectivity index (χ3v) is 3.54. The van der Waals surface area contributed by atoms with Crippen LogP contribution in [0.4, 0.5) is 4.39 Å². The van der Waals surface area contributed by atoms with Gasteiger partial charge in [0, 0.05) is 6.42 Å². The molecule has 0 spiro atoms. The summed E-state index contributed by atoms with van der Waals surface area (Å²) in [6.45, 7) is 0.234. The molecule has 0 atom stereocenters. The van der Waals surface area contributed by atoms with E-state index in [1.165, 1.54) is 12.1 Å². The molecule has 2 rings (SSSR count). The number of primary sulfonamides is 1. The van der Waals surface area contributed by atoms with E-state index in [1.807, 2.05) is 0 Å². The molecule has 17 heavy (non-hydrogen) atoms. The molecule has 1 aromatic carbocycles. The highest BCUT2D eigenvalue weighted by molar-refractivity contribution is 7.89. The molecule has 1 aromatic rings. The summed E-state index contributed by atoms with van der Waals surface area (Å²) in [6, 6.07) is 3.90. The minimum atomic E-state index is -4.09. The maximum Gasteiger partial charge on any atom is 0.240 e. The first-order valence-corrected chi connectivity index (χ1v) is 6.47. The predicted octanol–water partition coefficient (Wildman–Crippen LogP) is -0.223. The first-order chi connectivity index (χ1) is 7.82. The van der Waals surface area contributed by atoms with Gasteiger partial charge < -0.3 is 9.84 Å². The van der Waals surface area contributed by atoms with Crippen LogP contribution in [0.3, 0.4) is 0 Å². The number of ether oxygens (including phenoxy) is 1. The predicted molar refractivity (Wildman–Crippen MR) is 57.2 cm³/mol. The van der Waals surface area contributed by atoms with E-state index in [4.69, 9.17) is 9.88 Å². The van der Waals surface area contributed by atoms with Gasteiger partial charge in [-0.05, 0) is 11.6 Å². The lowest BCUT2D eigenvalue weighted by Gasteiger charge is -2.36. The highest BCUT2D eigenvalue weighted by atomic mass is 32.2. The summed E-state index contributed by atoms with van der Waals surface area (Å²) in [5.74, 6) is -0.907. The second-order valence-corrected chi connectivity index (χ2v) is 5.70. The SMILES string of the molecule is NS(=O)(=O)c1cccc(CC2(O)COC2)c1F.